The number of benzene rings is 1. The molecule has 0 spiro atoms. The maximum Gasteiger partial charge on any atom is 0.416 e. The Kier molecular flexibility index (Phi) is 6.58. The number of nitrogens with zero attached hydrogens (tertiary/aromatic N) is 1. The number of ether oxygens (including phenoxy) is 1. The second-order valence-corrected chi connectivity index (χ2v) is 6.84. The molecule has 1 saturated heterocycles. The molecule has 0 aromatic heterocycles. The monoisotopic (exact) mass is 392 g/mol. The summed E-state index contributed by atoms with van der Waals surface area (Å²) in [4.78, 5) is 14.6. The molecule has 3 rings (SSSR count). The molecule has 26 heavy (non-hydrogen) atoms. The van der Waals surface area contributed by atoms with Gasteiger partial charge in [-0.2, -0.15) is 13.2 Å². The first kappa shape index (κ1) is 21.0. The van der Waals surface area contributed by atoms with Crippen LogP contribution in [-0.2, 0) is 15.7 Å². The van der Waals surface area contributed by atoms with Gasteiger partial charge in [-0.1, -0.05) is 12.1 Å². The number of nitrogens with two attached hydrogens (primary N) is 1. The van der Waals surface area contributed by atoms with Crippen molar-refractivity contribution in [1.82, 2.24) is 4.90 Å². The summed E-state index contributed by atoms with van der Waals surface area (Å²) in [6.45, 7) is 2.15. The number of hydrogen-bond acceptors (Lipinski definition) is 3. The smallest absolute Gasteiger partial charge is 0.364 e. The lowest BCUT2D eigenvalue weighted by atomic mass is 10.0. The summed E-state index contributed by atoms with van der Waals surface area (Å²) in [5.41, 5.74) is 5.39. The number of alkyl halides is 3. The fourth-order valence-corrected chi connectivity index (χ4v) is 3.40. The van der Waals surface area contributed by atoms with Gasteiger partial charge >= 0.3 is 6.18 Å². The van der Waals surface area contributed by atoms with Crippen LogP contribution in [0.15, 0.2) is 24.3 Å². The van der Waals surface area contributed by atoms with Gasteiger partial charge in [0.25, 0.3) is 5.91 Å². The van der Waals surface area contributed by atoms with E-state index >= 15 is 0 Å². The first-order valence-corrected chi connectivity index (χ1v) is 8.66. The lowest BCUT2D eigenvalue weighted by Crippen LogP contribution is -2.42. The molecule has 2 aliphatic rings. The van der Waals surface area contributed by atoms with Gasteiger partial charge < -0.3 is 15.4 Å². The van der Waals surface area contributed by atoms with Crippen LogP contribution in [0.3, 0.4) is 0 Å². The summed E-state index contributed by atoms with van der Waals surface area (Å²) >= 11 is 0. The van der Waals surface area contributed by atoms with Crippen molar-refractivity contribution in [2.75, 3.05) is 6.54 Å². The van der Waals surface area contributed by atoms with Crippen molar-refractivity contribution >= 4 is 18.3 Å². The summed E-state index contributed by atoms with van der Waals surface area (Å²) in [5, 5.41) is 0. The van der Waals surface area contributed by atoms with Gasteiger partial charge in [-0.3, -0.25) is 4.79 Å². The van der Waals surface area contributed by atoms with Crippen molar-refractivity contribution in [3.8, 4) is 0 Å². The van der Waals surface area contributed by atoms with Crippen LogP contribution in [0.5, 0.6) is 0 Å². The number of carbonyl (C=O) groups excluding carboxylic acids is 1. The molecule has 1 saturated carbocycles. The summed E-state index contributed by atoms with van der Waals surface area (Å²) in [5.74, 6) is -0.136. The van der Waals surface area contributed by atoms with Gasteiger partial charge in [-0.05, 0) is 50.3 Å². The summed E-state index contributed by atoms with van der Waals surface area (Å²) in [6.07, 6.45) is -1.94. The highest BCUT2D eigenvalue weighted by Crippen LogP contribution is 2.38. The molecule has 1 aromatic rings. The molecule has 1 aromatic carbocycles. The predicted octanol–water partition coefficient (Wildman–Crippen LogP) is 3.69. The molecule has 0 bridgehead atoms. The van der Waals surface area contributed by atoms with Crippen LogP contribution in [0.1, 0.15) is 49.8 Å². The third-order valence-electron chi connectivity index (χ3n) is 4.95. The van der Waals surface area contributed by atoms with Crippen molar-refractivity contribution in [3.05, 3.63) is 35.4 Å². The molecule has 1 aliphatic carbocycles. The minimum absolute atomic E-state index is 0. The van der Waals surface area contributed by atoms with E-state index in [9.17, 15) is 18.0 Å². The average molecular weight is 393 g/mol. The van der Waals surface area contributed by atoms with Crippen molar-refractivity contribution < 1.29 is 22.7 Å². The highest BCUT2D eigenvalue weighted by atomic mass is 35.5. The Balaban J connectivity index is 0.00000243. The van der Waals surface area contributed by atoms with E-state index in [4.69, 9.17) is 10.5 Å². The van der Waals surface area contributed by atoms with Crippen LogP contribution in [0, 0.1) is 0 Å². The lowest BCUT2D eigenvalue weighted by molar-refractivity contribution is -0.145. The molecule has 0 radical (unpaired) electrons. The van der Waals surface area contributed by atoms with Gasteiger partial charge in [0.1, 0.15) is 6.10 Å². The second-order valence-electron chi connectivity index (χ2n) is 6.84. The Labute approximate surface area is 157 Å². The lowest BCUT2D eigenvalue weighted by Gasteiger charge is -2.32. The predicted molar refractivity (Wildman–Crippen MR) is 93.9 cm³/mol. The van der Waals surface area contributed by atoms with E-state index in [2.05, 4.69) is 0 Å². The van der Waals surface area contributed by atoms with Crippen molar-refractivity contribution in [1.29, 1.82) is 0 Å². The van der Waals surface area contributed by atoms with Gasteiger partial charge in [0, 0.05) is 12.6 Å². The fourth-order valence-electron chi connectivity index (χ4n) is 3.40. The van der Waals surface area contributed by atoms with Gasteiger partial charge in [0.2, 0.25) is 0 Å². The zero-order valence-corrected chi connectivity index (χ0v) is 15.4. The molecule has 2 N–H and O–H groups in total. The van der Waals surface area contributed by atoms with Crippen molar-refractivity contribution in [2.24, 2.45) is 5.73 Å². The molecule has 146 valence electrons. The minimum atomic E-state index is -4.40. The van der Waals surface area contributed by atoms with Crippen molar-refractivity contribution in [3.63, 3.8) is 0 Å². The van der Waals surface area contributed by atoms with E-state index < -0.39 is 23.9 Å². The molecule has 8 heteroatoms. The molecule has 4 nitrogen and oxygen atoms in total. The normalized spacial score (nSPS) is 24.0. The van der Waals surface area contributed by atoms with Crippen molar-refractivity contribution in [2.45, 2.75) is 63.1 Å². The maximum absolute atomic E-state index is 13.0. The zero-order chi connectivity index (χ0) is 18.2. The van der Waals surface area contributed by atoms with Gasteiger partial charge in [0.05, 0.1) is 17.7 Å². The Morgan fingerprint density at radius 2 is 2.00 bits per heavy atom. The number of rotatable bonds is 5. The van der Waals surface area contributed by atoms with E-state index in [0.717, 1.165) is 31.4 Å². The number of carbonyl (C=O) groups is 1. The van der Waals surface area contributed by atoms with E-state index in [0.29, 0.717) is 18.5 Å². The molecular formula is C18H24ClF3N2O2. The highest BCUT2D eigenvalue weighted by Gasteiger charge is 2.42. The largest absolute Gasteiger partial charge is 0.416 e. The van der Waals surface area contributed by atoms with E-state index in [1.807, 2.05) is 0 Å². The van der Waals surface area contributed by atoms with E-state index in [1.165, 1.54) is 6.07 Å². The van der Waals surface area contributed by atoms with Crippen LogP contribution in [0.25, 0.3) is 0 Å². The third kappa shape index (κ3) is 4.50. The minimum Gasteiger partial charge on any atom is -0.364 e. The average Bonchev–Trinajstić information content (AvgIpc) is 3.29. The van der Waals surface area contributed by atoms with E-state index in [-0.39, 0.29) is 30.5 Å². The van der Waals surface area contributed by atoms with Gasteiger partial charge in [-0.25, -0.2) is 0 Å². The fraction of sp³-hybridized carbons (Fsp3) is 0.611. The number of halogens is 4. The first-order chi connectivity index (χ1) is 11.8. The second kappa shape index (κ2) is 8.15. The van der Waals surface area contributed by atoms with Gasteiger partial charge in [0.15, 0.2) is 0 Å². The molecule has 2 fully saturated rings. The molecule has 1 heterocycles. The van der Waals surface area contributed by atoms with Crippen LogP contribution in [0.4, 0.5) is 13.2 Å². The highest BCUT2D eigenvalue weighted by molar-refractivity contribution is 5.85. The molecule has 1 unspecified atom stereocenters. The van der Waals surface area contributed by atoms with Crippen LogP contribution >= 0.6 is 12.4 Å². The first-order valence-electron chi connectivity index (χ1n) is 8.66. The quantitative estimate of drug-likeness (QED) is 0.831. The molecular weight excluding hydrogens is 369 g/mol. The van der Waals surface area contributed by atoms with Crippen LogP contribution in [0.2, 0.25) is 0 Å². The Bertz CT molecular complexity index is 637. The number of hydrogen-bond donors (Lipinski definition) is 1. The zero-order valence-electron chi connectivity index (χ0n) is 14.5. The van der Waals surface area contributed by atoms with E-state index in [1.54, 1.807) is 17.9 Å². The number of amides is 1. The SMILES string of the molecule is CC(c1cccc(C(F)(F)F)c1)N(C(=O)[C@@H]1CC[C@H](CN)O1)C1CC1.Cl. The maximum atomic E-state index is 13.0. The molecule has 1 amide bonds. The third-order valence-corrected chi connectivity index (χ3v) is 4.95. The Morgan fingerprint density at radius 3 is 2.54 bits per heavy atom. The van der Waals surface area contributed by atoms with Crippen LogP contribution < -0.4 is 5.73 Å². The van der Waals surface area contributed by atoms with Gasteiger partial charge in [-0.15, -0.1) is 12.4 Å². The molecule has 1 aliphatic heterocycles. The summed E-state index contributed by atoms with van der Waals surface area (Å²) in [7, 11) is 0. The van der Waals surface area contributed by atoms with Crippen LogP contribution in [-0.4, -0.2) is 35.6 Å². The summed E-state index contributed by atoms with van der Waals surface area (Å²) in [6, 6.07) is 4.86. The topological polar surface area (TPSA) is 55.6 Å². The Morgan fingerprint density at radius 1 is 1.31 bits per heavy atom. The standard InChI is InChI=1S/C18H23F3N2O2.ClH/c1-11(12-3-2-4-13(9-12)18(19,20)21)23(14-5-6-14)17(24)16-8-7-15(10-22)25-16;/h2-4,9,11,14-16H,5-8,10,22H2,1H3;1H/t11?,15-,16+;/m1./s1. The molecule has 3 atom stereocenters. The summed E-state index contributed by atoms with van der Waals surface area (Å²) < 4.78 is 44.6. The Hall–Kier alpha value is -1.31.